The molecular weight excluding hydrogens is 252 g/mol. The van der Waals surface area contributed by atoms with E-state index in [1.54, 1.807) is 30.7 Å². The highest BCUT2D eigenvalue weighted by Gasteiger charge is 2.05. The van der Waals surface area contributed by atoms with E-state index in [0.29, 0.717) is 17.4 Å². The van der Waals surface area contributed by atoms with Crippen LogP contribution in [-0.4, -0.2) is 14.7 Å². The summed E-state index contributed by atoms with van der Waals surface area (Å²) in [6.45, 7) is 3.30. The standard InChI is InChI=1S/C13H15ClN2O2/c1-2-16-9-15-6-11(16)8-18-13-4-3-10(7-17)5-12(13)14/h3-6,9,17H,2,7-8H2,1H3. The Bertz CT molecular complexity index is 525. The summed E-state index contributed by atoms with van der Waals surface area (Å²) >= 11 is 6.06. The van der Waals surface area contributed by atoms with Crippen LogP contribution in [0.4, 0.5) is 0 Å². The molecule has 0 amide bonds. The average molecular weight is 267 g/mol. The van der Waals surface area contributed by atoms with Gasteiger partial charge in [-0.1, -0.05) is 17.7 Å². The van der Waals surface area contributed by atoms with Crippen molar-refractivity contribution in [2.75, 3.05) is 0 Å². The molecule has 0 unspecified atom stereocenters. The van der Waals surface area contributed by atoms with Crippen LogP contribution in [0.5, 0.6) is 5.75 Å². The number of aryl methyl sites for hydroxylation is 1. The molecule has 4 nitrogen and oxygen atoms in total. The topological polar surface area (TPSA) is 47.3 Å². The zero-order valence-electron chi connectivity index (χ0n) is 10.1. The molecule has 0 aliphatic rings. The molecule has 18 heavy (non-hydrogen) atoms. The van der Waals surface area contributed by atoms with Crippen molar-refractivity contribution in [3.05, 3.63) is 47.0 Å². The molecule has 0 saturated heterocycles. The Morgan fingerprint density at radius 2 is 2.28 bits per heavy atom. The van der Waals surface area contributed by atoms with Crippen molar-refractivity contribution in [3.8, 4) is 5.75 Å². The van der Waals surface area contributed by atoms with Gasteiger partial charge in [-0.3, -0.25) is 0 Å². The molecule has 0 bridgehead atoms. The Balaban J connectivity index is 2.06. The molecule has 0 saturated carbocycles. The number of halogens is 1. The molecule has 0 spiro atoms. The lowest BCUT2D eigenvalue weighted by Crippen LogP contribution is -2.04. The summed E-state index contributed by atoms with van der Waals surface area (Å²) in [6, 6.07) is 5.26. The summed E-state index contributed by atoms with van der Waals surface area (Å²) < 4.78 is 7.66. The third kappa shape index (κ3) is 2.83. The highest BCUT2D eigenvalue weighted by molar-refractivity contribution is 6.32. The van der Waals surface area contributed by atoms with Crippen LogP contribution in [0.25, 0.3) is 0 Å². The van der Waals surface area contributed by atoms with Gasteiger partial charge in [0.2, 0.25) is 0 Å². The number of aliphatic hydroxyl groups excluding tert-OH is 1. The van der Waals surface area contributed by atoms with Crippen LogP contribution in [0.3, 0.4) is 0 Å². The normalized spacial score (nSPS) is 10.6. The number of nitrogens with zero attached hydrogens (tertiary/aromatic N) is 2. The highest BCUT2D eigenvalue weighted by Crippen LogP contribution is 2.26. The van der Waals surface area contributed by atoms with Crippen molar-refractivity contribution in [3.63, 3.8) is 0 Å². The van der Waals surface area contributed by atoms with Crippen molar-refractivity contribution in [2.45, 2.75) is 26.7 Å². The molecular formula is C13H15ClN2O2. The van der Waals surface area contributed by atoms with Crippen LogP contribution in [-0.2, 0) is 19.8 Å². The minimum Gasteiger partial charge on any atom is -0.486 e. The Morgan fingerprint density at radius 1 is 1.44 bits per heavy atom. The minimum atomic E-state index is -0.0252. The van der Waals surface area contributed by atoms with E-state index in [9.17, 15) is 0 Å². The smallest absolute Gasteiger partial charge is 0.138 e. The Hall–Kier alpha value is -1.52. The molecule has 96 valence electrons. The van der Waals surface area contributed by atoms with Gasteiger partial charge in [-0.25, -0.2) is 4.98 Å². The maximum absolute atomic E-state index is 8.99. The van der Waals surface area contributed by atoms with Crippen molar-refractivity contribution in [1.29, 1.82) is 0 Å². The molecule has 0 atom stereocenters. The lowest BCUT2D eigenvalue weighted by atomic mass is 10.2. The van der Waals surface area contributed by atoms with Gasteiger partial charge < -0.3 is 14.4 Å². The first-order valence-corrected chi connectivity index (χ1v) is 6.13. The van der Waals surface area contributed by atoms with E-state index in [2.05, 4.69) is 4.98 Å². The van der Waals surface area contributed by atoms with Crippen LogP contribution in [0.1, 0.15) is 18.2 Å². The number of benzene rings is 1. The third-order valence-corrected chi connectivity index (χ3v) is 2.99. The van der Waals surface area contributed by atoms with Gasteiger partial charge >= 0.3 is 0 Å². The first-order valence-electron chi connectivity index (χ1n) is 5.75. The average Bonchev–Trinajstić information content (AvgIpc) is 2.84. The molecule has 1 heterocycles. The van der Waals surface area contributed by atoms with Crippen LogP contribution in [0.15, 0.2) is 30.7 Å². The van der Waals surface area contributed by atoms with Crippen molar-refractivity contribution >= 4 is 11.6 Å². The Morgan fingerprint density at radius 3 is 2.94 bits per heavy atom. The van der Waals surface area contributed by atoms with Gasteiger partial charge in [0.1, 0.15) is 12.4 Å². The third-order valence-electron chi connectivity index (χ3n) is 2.69. The van der Waals surface area contributed by atoms with Gasteiger partial charge in [-0.15, -0.1) is 0 Å². The van der Waals surface area contributed by atoms with Crippen LogP contribution in [0.2, 0.25) is 5.02 Å². The number of aliphatic hydroxyl groups is 1. The van der Waals surface area contributed by atoms with E-state index in [4.69, 9.17) is 21.4 Å². The summed E-state index contributed by atoms with van der Waals surface area (Å²) in [6.07, 6.45) is 3.55. The number of imidazole rings is 1. The number of ether oxygens (including phenoxy) is 1. The molecule has 0 fully saturated rings. The zero-order valence-corrected chi connectivity index (χ0v) is 10.9. The second-order valence-corrected chi connectivity index (χ2v) is 4.29. The van der Waals surface area contributed by atoms with Gasteiger partial charge in [0.05, 0.1) is 29.8 Å². The van der Waals surface area contributed by atoms with E-state index < -0.39 is 0 Å². The fourth-order valence-corrected chi connectivity index (χ4v) is 1.92. The molecule has 2 rings (SSSR count). The lowest BCUT2D eigenvalue weighted by Gasteiger charge is -2.10. The van der Waals surface area contributed by atoms with Gasteiger partial charge in [-0.2, -0.15) is 0 Å². The summed E-state index contributed by atoms with van der Waals surface area (Å²) in [5.41, 5.74) is 1.77. The Kier molecular flexibility index (Phi) is 4.23. The van der Waals surface area contributed by atoms with Crippen LogP contribution in [0, 0.1) is 0 Å². The predicted molar refractivity (Wildman–Crippen MR) is 69.6 cm³/mol. The molecule has 1 N–H and O–H groups in total. The molecule has 0 radical (unpaired) electrons. The van der Waals surface area contributed by atoms with E-state index >= 15 is 0 Å². The fourth-order valence-electron chi connectivity index (χ4n) is 1.66. The summed E-state index contributed by atoms with van der Waals surface area (Å²) in [4.78, 5) is 4.07. The van der Waals surface area contributed by atoms with Gasteiger partial charge in [0.15, 0.2) is 0 Å². The number of rotatable bonds is 5. The van der Waals surface area contributed by atoms with E-state index in [1.165, 1.54) is 0 Å². The summed E-state index contributed by atoms with van der Waals surface area (Å²) in [7, 11) is 0. The van der Waals surface area contributed by atoms with Crippen LogP contribution < -0.4 is 4.74 Å². The first-order chi connectivity index (χ1) is 8.74. The zero-order chi connectivity index (χ0) is 13.0. The molecule has 1 aromatic carbocycles. The minimum absolute atomic E-state index is 0.0252. The van der Waals surface area contributed by atoms with Gasteiger partial charge in [-0.05, 0) is 24.6 Å². The van der Waals surface area contributed by atoms with Crippen molar-refractivity contribution in [1.82, 2.24) is 9.55 Å². The van der Waals surface area contributed by atoms with E-state index in [-0.39, 0.29) is 6.61 Å². The Labute approximate surface area is 111 Å². The molecule has 0 aliphatic heterocycles. The molecule has 5 heteroatoms. The molecule has 1 aromatic heterocycles. The van der Waals surface area contributed by atoms with Crippen molar-refractivity contribution < 1.29 is 9.84 Å². The SMILES string of the molecule is CCn1cncc1COc1ccc(CO)cc1Cl. The van der Waals surface area contributed by atoms with Gasteiger partial charge in [0, 0.05) is 6.54 Å². The fraction of sp³-hybridized carbons (Fsp3) is 0.308. The van der Waals surface area contributed by atoms with Crippen molar-refractivity contribution in [2.24, 2.45) is 0 Å². The number of aromatic nitrogens is 2. The largest absolute Gasteiger partial charge is 0.486 e. The molecule has 2 aromatic rings. The maximum Gasteiger partial charge on any atom is 0.138 e. The first kappa shape index (κ1) is 12.9. The summed E-state index contributed by atoms with van der Waals surface area (Å²) in [5.74, 6) is 0.609. The lowest BCUT2D eigenvalue weighted by molar-refractivity contribution is 0.280. The van der Waals surface area contributed by atoms with Crippen LogP contribution >= 0.6 is 11.6 Å². The van der Waals surface area contributed by atoms with E-state index in [1.807, 2.05) is 11.5 Å². The highest BCUT2D eigenvalue weighted by atomic mass is 35.5. The number of hydrogen-bond acceptors (Lipinski definition) is 3. The number of hydrogen-bond donors (Lipinski definition) is 1. The monoisotopic (exact) mass is 266 g/mol. The maximum atomic E-state index is 8.99. The second-order valence-electron chi connectivity index (χ2n) is 3.88. The summed E-state index contributed by atoms with van der Waals surface area (Å²) in [5, 5.41) is 9.49. The molecule has 0 aliphatic carbocycles. The quantitative estimate of drug-likeness (QED) is 0.905. The van der Waals surface area contributed by atoms with E-state index in [0.717, 1.165) is 17.8 Å². The second kappa shape index (κ2) is 5.89. The predicted octanol–water partition coefficient (Wildman–Crippen LogP) is 2.63. The van der Waals surface area contributed by atoms with Gasteiger partial charge in [0.25, 0.3) is 0 Å².